The normalized spacial score (nSPS) is 14.7. The number of nitro benzene ring substituents is 1. The minimum atomic E-state index is -0.337. The van der Waals surface area contributed by atoms with Gasteiger partial charge in [0.1, 0.15) is 17.6 Å². The van der Waals surface area contributed by atoms with Crippen LogP contribution in [0.3, 0.4) is 0 Å². The second-order valence-corrected chi connectivity index (χ2v) is 8.90. The van der Waals surface area contributed by atoms with Crippen molar-refractivity contribution in [1.82, 2.24) is 9.97 Å². The Morgan fingerprint density at radius 3 is 2.57 bits per heavy atom. The number of fused-ring (bicyclic) bond motifs is 1. The molecule has 7 heteroatoms. The van der Waals surface area contributed by atoms with Crippen molar-refractivity contribution in [3.8, 4) is 6.07 Å². The molecule has 35 heavy (non-hydrogen) atoms. The van der Waals surface area contributed by atoms with Gasteiger partial charge in [0, 0.05) is 19.2 Å². The second kappa shape index (κ2) is 9.82. The van der Waals surface area contributed by atoms with Gasteiger partial charge >= 0.3 is 0 Å². The molecule has 1 aromatic heterocycles. The van der Waals surface area contributed by atoms with E-state index in [-0.39, 0.29) is 10.6 Å². The van der Waals surface area contributed by atoms with Gasteiger partial charge in [-0.3, -0.25) is 10.1 Å². The minimum absolute atomic E-state index is 0.0576. The lowest BCUT2D eigenvalue weighted by molar-refractivity contribution is -0.384. The van der Waals surface area contributed by atoms with Gasteiger partial charge < -0.3 is 9.88 Å². The van der Waals surface area contributed by atoms with Crippen molar-refractivity contribution in [2.24, 2.45) is 5.92 Å². The summed E-state index contributed by atoms with van der Waals surface area (Å²) in [6, 6.07) is 25.4. The van der Waals surface area contributed by atoms with Crippen LogP contribution >= 0.6 is 0 Å². The summed E-state index contributed by atoms with van der Waals surface area (Å²) in [6.07, 6.45) is 4.68. The monoisotopic (exact) mass is 463 g/mol. The molecule has 0 atom stereocenters. The third-order valence-corrected chi connectivity index (χ3v) is 6.59. The molecular weight excluding hydrogens is 438 g/mol. The summed E-state index contributed by atoms with van der Waals surface area (Å²) in [5, 5.41) is 21.7. The van der Waals surface area contributed by atoms with Gasteiger partial charge in [0.15, 0.2) is 0 Å². The van der Waals surface area contributed by atoms with Crippen LogP contribution < -0.4 is 4.90 Å². The minimum Gasteiger partial charge on any atom is -0.366 e. The summed E-state index contributed by atoms with van der Waals surface area (Å²) < 4.78 is 0. The average Bonchev–Trinajstić information content (AvgIpc) is 3.32. The molecule has 1 aliphatic heterocycles. The first-order valence-electron chi connectivity index (χ1n) is 11.7. The molecule has 1 N–H and O–H groups in total. The summed E-state index contributed by atoms with van der Waals surface area (Å²) in [5.74, 6) is 1.03. The SMILES string of the molecule is N#C/C(=C\c1ccc(N2CCC(Cc3ccccc3)CC2)c([N+](=O)[O-])c1)c1nc2ccccc2[nH]1. The van der Waals surface area contributed by atoms with E-state index in [9.17, 15) is 15.4 Å². The van der Waals surface area contributed by atoms with E-state index in [4.69, 9.17) is 0 Å². The zero-order chi connectivity index (χ0) is 24.2. The summed E-state index contributed by atoms with van der Waals surface area (Å²) in [7, 11) is 0. The van der Waals surface area contributed by atoms with Gasteiger partial charge in [0.25, 0.3) is 5.69 Å². The van der Waals surface area contributed by atoms with Gasteiger partial charge in [-0.05, 0) is 60.6 Å². The highest BCUT2D eigenvalue weighted by Crippen LogP contribution is 2.34. The predicted octanol–water partition coefficient (Wildman–Crippen LogP) is 5.99. The van der Waals surface area contributed by atoms with Crippen LogP contribution in [0, 0.1) is 27.4 Å². The fourth-order valence-corrected chi connectivity index (χ4v) is 4.77. The molecule has 1 fully saturated rings. The molecule has 0 unspecified atom stereocenters. The Balaban J connectivity index is 1.35. The second-order valence-electron chi connectivity index (χ2n) is 8.90. The highest BCUT2D eigenvalue weighted by molar-refractivity contribution is 5.90. The van der Waals surface area contributed by atoms with Crippen LogP contribution in [0.2, 0.25) is 0 Å². The number of imidazole rings is 1. The average molecular weight is 464 g/mol. The molecule has 1 saturated heterocycles. The van der Waals surface area contributed by atoms with Crippen LogP contribution in [0.4, 0.5) is 11.4 Å². The molecule has 0 aliphatic carbocycles. The molecule has 0 bridgehead atoms. The number of para-hydroxylation sites is 2. The number of aromatic amines is 1. The molecule has 4 aromatic rings. The van der Waals surface area contributed by atoms with E-state index in [0.717, 1.165) is 43.4 Å². The Morgan fingerprint density at radius 1 is 1.11 bits per heavy atom. The number of piperidine rings is 1. The number of hydrogen-bond acceptors (Lipinski definition) is 5. The molecule has 2 heterocycles. The van der Waals surface area contributed by atoms with Gasteiger partial charge in [0.2, 0.25) is 0 Å². The number of nitro groups is 1. The van der Waals surface area contributed by atoms with E-state index in [1.54, 1.807) is 18.2 Å². The number of rotatable bonds is 6. The zero-order valence-corrected chi connectivity index (χ0v) is 19.2. The predicted molar refractivity (Wildman–Crippen MR) is 138 cm³/mol. The largest absolute Gasteiger partial charge is 0.366 e. The number of hydrogen-bond donors (Lipinski definition) is 1. The molecule has 0 spiro atoms. The maximum absolute atomic E-state index is 11.9. The Morgan fingerprint density at radius 2 is 1.86 bits per heavy atom. The van der Waals surface area contributed by atoms with Crippen LogP contribution in [0.5, 0.6) is 0 Å². The Kier molecular flexibility index (Phi) is 6.27. The molecule has 0 saturated carbocycles. The van der Waals surface area contributed by atoms with Crippen LogP contribution in [0.25, 0.3) is 22.7 Å². The maximum Gasteiger partial charge on any atom is 0.293 e. The number of nitriles is 1. The molecule has 174 valence electrons. The summed E-state index contributed by atoms with van der Waals surface area (Å²) in [6.45, 7) is 1.58. The Hall–Kier alpha value is -4.44. The molecule has 0 amide bonds. The van der Waals surface area contributed by atoms with E-state index in [1.165, 1.54) is 5.56 Å². The fraction of sp³-hybridized carbons (Fsp3) is 0.214. The van der Waals surface area contributed by atoms with E-state index in [0.29, 0.717) is 28.6 Å². The molecule has 3 aromatic carbocycles. The van der Waals surface area contributed by atoms with Crippen LogP contribution in [0.15, 0.2) is 72.8 Å². The third-order valence-electron chi connectivity index (χ3n) is 6.59. The van der Waals surface area contributed by atoms with Gasteiger partial charge in [-0.1, -0.05) is 48.5 Å². The van der Waals surface area contributed by atoms with Crippen molar-refractivity contribution in [3.05, 3.63) is 99.9 Å². The number of nitrogens with one attached hydrogen (secondary N) is 1. The van der Waals surface area contributed by atoms with Crippen molar-refractivity contribution in [1.29, 1.82) is 5.26 Å². The number of aromatic nitrogens is 2. The third kappa shape index (κ3) is 4.92. The highest BCUT2D eigenvalue weighted by Gasteiger charge is 2.25. The molecule has 5 rings (SSSR count). The van der Waals surface area contributed by atoms with Crippen LogP contribution in [0.1, 0.15) is 29.8 Å². The topological polar surface area (TPSA) is 98.8 Å². The van der Waals surface area contributed by atoms with Crippen molar-refractivity contribution in [3.63, 3.8) is 0 Å². The molecular formula is C28H25N5O2. The van der Waals surface area contributed by atoms with Crippen LogP contribution in [-0.4, -0.2) is 28.0 Å². The summed E-state index contributed by atoms with van der Waals surface area (Å²) in [5.41, 5.74) is 4.54. The zero-order valence-electron chi connectivity index (χ0n) is 19.2. The number of anilines is 1. The number of nitrogens with zero attached hydrogens (tertiary/aromatic N) is 4. The van der Waals surface area contributed by atoms with E-state index >= 15 is 0 Å². The summed E-state index contributed by atoms with van der Waals surface area (Å²) in [4.78, 5) is 21.3. The van der Waals surface area contributed by atoms with Crippen molar-refractivity contribution < 1.29 is 4.92 Å². The van der Waals surface area contributed by atoms with E-state index < -0.39 is 0 Å². The van der Waals surface area contributed by atoms with Gasteiger partial charge in [-0.15, -0.1) is 0 Å². The van der Waals surface area contributed by atoms with Crippen molar-refractivity contribution >= 4 is 34.1 Å². The lowest BCUT2D eigenvalue weighted by atomic mass is 9.90. The number of benzene rings is 3. The first kappa shape index (κ1) is 22.4. The standard InChI is InChI=1S/C28H25N5O2/c29-19-23(28-30-24-8-4-5-9-25(24)31-28)17-22-10-11-26(27(18-22)33(34)35)32-14-12-21(13-15-32)16-20-6-2-1-3-7-20/h1-11,17-18,21H,12-16H2,(H,30,31)/b23-17+. The van der Waals surface area contributed by atoms with Gasteiger partial charge in [-0.2, -0.15) is 5.26 Å². The maximum atomic E-state index is 11.9. The Labute approximate surface area is 203 Å². The first-order chi connectivity index (χ1) is 17.1. The van der Waals surface area contributed by atoms with Crippen molar-refractivity contribution in [2.75, 3.05) is 18.0 Å². The quantitative estimate of drug-likeness (QED) is 0.215. The van der Waals surface area contributed by atoms with Crippen molar-refractivity contribution in [2.45, 2.75) is 19.3 Å². The van der Waals surface area contributed by atoms with Gasteiger partial charge in [-0.25, -0.2) is 4.98 Å². The van der Waals surface area contributed by atoms with E-state index in [2.05, 4.69) is 45.2 Å². The highest BCUT2D eigenvalue weighted by atomic mass is 16.6. The van der Waals surface area contributed by atoms with E-state index in [1.807, 2.05) is 36.4 Å². The Bertz CT molecular complexity index is 1390. The molecule has 7 nitrogen and oxygen atoms in total. The molecule has 0 radical (unpaired) electrons. The van der Waals surface area contributed by atoms with Crippen LogP contribution in [-0.2, 0) is 6.42 Å². The smallest absolute Gasteiger partial charge is 0.293 e. The lowest BCUT2D eigenvalue weighted by Gasteiger charge is -2.33. The lowest BCUT2D eigenvalue weighted by Crippen LogP contribution is -2.34. The fourth-order valence-electron chi connectivity index (χ4n) is 4.77. The van der Waals surface area contributed by atoms with Gasteiger partial charge in [0.05, 0.1) is 21.5 Å². The number of allylic oxidation sites excluding steroid dienone is 1. The number of H-pyrrole nitrogens is 1. The summed E-state index contributed by atoms with van der Waals surface area (Å²) >= 11 is 0. The first-order valence-corrected chi connectivity index (χ1v) is 11.7. The molecule has 1 aliphatic rings.